The predicted octanol–water partition coefficient (Wildman–Crippen LogP) is 4.20. The molecule has 0 aliphatic carbocycles. The number of carbonyl (C=O) groups excluding carboxylic acids is 2. The molecule has 0 aromatic heterocycles. The summed E-state index contributed by atoms with van der Waals surface area (Å²) in [6.45, 7) is -0.256. The van der Waals surface area contributed by atoms with Crippen molar-refractivity contribution in [1.29, 1.82) is 0 Å². The minimum atomic E-state index is -8.08. The number of ether oxygens (including phenoxy) is 2. The summed E-state index contributed by atoms with van der Waals surface area (Å²) in [6, 6.07) is -3.68. The van der Waals surface area contributed by atoms with E-state index in [1.54, 1.807) is 0 Å². The van der Waals surface area contributed by atoms with Crippen LogP contribution < -0.4 is 5.32 Å². The van der Waals surface area contributed by atoms with Crippen LogP contribution >= 0.6 is 0 Å². The van der Waals surface area contributed by atoms with Gasteiger partial charge < -0.3 is 9.47 Å². The van der Waals surface area contributed by atoms with Gasteiger partial charge in [-0.3, -0.25) is 14.9 Å². The normalized spacial score (nSPS) is 15.2. The Morgan fingerprint density at radius 1 is 0.667 bits per heavy atom. The fraction of sp³-hybridized carbons (Fsp3) is 0.867. The zero-order chi connectivity index (χ0) is 26.7. The van der Waals surface area contributed by atoms with Gasteiger partial charge in [-0.25, -0.2) is 0 Å². The number of nitrogens with one attached hydrogen (secondary N) is 1. The van der Waals surface area contributed by atoms with Crippen LogP contribution in [0.1, 0.15) is 20.3 Å². The van der Waals surface area contributed by atoms with Crippen LogP contribution in [0.15, 0.2) is 0 Å². The number of rotatable bonds is 12. The van der Waals surface area contributed by atoms with E-state index in [1.807, 2.05) is 0 Å². The van der Waals surface area contributed by atoms with E-state index in [0.29, 0.717) is 0 Å². The molecule has 0 amide bonds. The van der Waals surface area contributed by atoms with Gasteiger partial charge in [-0.15, -0.1) is 0 Å². The fourth-order valence-electron chi connectivity index (χ4n) is 2.13. The molecule has 0 heterocycles. The Morgan fingerprint density at radius 3 is 1.45 bits per heavy atom. The predicted molar refractivity (Wildman–Crippen MR) is 80.5 cm³/mol. The Hall–Kier alpha value is -2.01. The smallest absolute Gasteiger partial charge is 0.460 e. The maximum Gasteiger partial charge on any atom is 0.460 e. The average molecular weight is 521 g/mol. The molecule has 0 aliphatic heterocycles. The largest absolute Gasteiger partial charge is 0.466 e. The third-order valence-electron chi connectivity index (χ3n) is 3.87. The van der Waals surface area contributed by atoms with Crippen molar-refractivity contribution >= 4 is 11.9 Å². The first-order valence-corrected chi connectivity index (χ1v) is 8.56. The molecule has 5 nitrogen and oxygen atoms in total. The molecule has 1 atom stereocenters. The summed E-state index contributed by atoms with van der Waals surface area (Å²) in [7, 11) is 0. The minimum Gasteiger partial charge on any atom is -0.466 e. The Balaban J connectivity index is 6.41. The number of carbonyl (C=O) groups is 2. The van der Waals surface area contributed by atoms with Gasteiger partial charge in [0.2, 0.25) is 0 Å². The summed E-state index contributed by atoms with van der Waals surface area (Å²) >= 11 is 0. The van der Waals surface area contributed by atoms with Gasteiger partial charge in [0.15, 0.2) is 0 Å². The van der Waals surface area contributed by atoms with Crippen LogP contribution in [0.2, 0.25) is 0 Å². The van der Waals surface area contributed by atoms with E-state index in [-0.39, 0.29) is 0 Å². The van der Waals surface area contributed by atoms with E-state index in [0.717, 1.165) is 12.2 Å². The average Bonchev–Trinajstić information content (AvgIpc) is 2.63. The second kappa shape index (κ2) is 10.1. The molecule has 1 unspecified atom stereocenters. The van der Waals surface area contributed by atoms with Gasteiger partial charge in [-0.2, -0.15) is 57.1 Å². The van der Waals surface area contributed by atoms with E-state index in [2.05, 4.69) is 9.47 Å². The number of alkyl halides is 13. The van der Waals surface area contributed by atoms with Gasteiger partial charge >= 0.3 is 47.7 Å². The highest BCUT2D eigenvalue weighted by atomic mass is 19.4. The molecule has 0 aromatic rings. The van der Waals surface area contributed by atoms with Crippen LogP contribution in [0.3, 0.4) is 0 Å². The standard InChI is InChI=1S/C15H16F13NO4/c1-3-32-8(30)5-7(29-6-9(31)33-4-2)10(16,17)11(18,19)12(20,21)13(22,23)14(24,25)15(26,27)28/h7,29H,3-6H2,1-2H3. The summed E-state index contributed by atoms with van der Waals surface area (Å²) in [6.07, 6.45) is -9.56. The fourth-order valence-corrected chi connectivity index (χ4v) is 2.13. The highest BCUT2D eigenvalue weighted by Crippen LogP contribution is 2.60. The highest BCUT2D eigenvalue weighted by molar-refractivity contribution is 5.72. The summed E-state index contributed by atoms with van der Waals surface area (Å²) in [5.74, 6) is -41.6. The molecule has 0 saturated heterocycles. The van der Waals surface area contributed by atoms with Crippen molar-refractivity contribution in [2.75, 3.05) is 19.8 Å². The van der Waals surface area contributed by atoms with Crippen LogP contribution in [0, 0.1) is 0 Å². The molecule has 0 spiro atoms. The molecule has 33 heavy (non-hydrogen) atoms. The Kier molecular flexibility index (Phi) is 9.47. The quantitative estimate of drug-likeness (QED) is 0.308. The molecule has 0 fully saturated rings. The van der Waals surface area contributed by atoms with Crippen molar-refractivity contribution in [2.45, 2.75) is 62.1 Å². The SMILES string of the molecule is CCOC(=O)CNC(CC(=O)OCC)C(F)(F)C(F)(F)C(F)(F)C(F)(F)C(F)(F)C(F)(F)F. The molecule has 0 saturated carbocycles. The van der Waals surface area contributed by atoms with Crippen molar-refractivity contribution in [3.05, 3.63) is 0 Å². The van der Waals surface area contributed by atoms with E-state index in [4.69, 9.17) is 0 Å². The van der Waals surface area contributed by atoms with E-state index in [1.165, 1.54) is 6.92 Å². The van der Waals surface area contributed by atoms with Crippen LogP contribution in [-0.4, -0.2) is 73.5 Å². The van der Waals surface area contributed by atoms with Crippen LogP contribution in [0.5, 0.6) is 0 Å². The summed E-state index contributed by atoms with van der Waals surface area (Å²) in [5, 5.41) is 1.14. The third kappa shape index (κ3) is 5.74. The van der Waals surface area contributed by atoms with Gasteiger partial charge in [-0.05, 0) is 13.8 Å². The molecule has 1 N–H and O–H groups in total. The second-order valence-electron chi connectivity index (χ2n) is 6.17. The summed E-state index contributed by atoms with van der Waals surface area (Å²) < 4.78 is 181. The topological polar surface area (TPSA) is 64.6 Å². The second-order valence-corrected chi connectivity index (χ2v) is 6.17. The monoisotopic (exact) mass is 521 g/mol. The molecule has 196 valence electrons. The van der Waals surface area contributed by atoms with Crippen LogP contribution in [0.4, 0.5) is 57.1 Å². The number of esters is 2. The number of hydrogen-bond acceptors (Lipinski definition) is 5. The van der Waals surface area contributed by atoms with E-state index >= 15 is 0 Å². The maximum atomic E-state index is 14.3. The first-order valence-electron chi connectivity index (χ1n) is 8.56. The van der Waals surface area contributed by atoms with Crippen molar-refractivity contribution in [2.24, 2.45) is 0 Å². The molecule has 0 bridgehead atoms. The van der Waals surface area contributed by atoms with Crippen molar-refractivity contribution in [3.8, 4) is 0 Å². The lowest BCUT2D eigenvalue weighted by Gasteiger charge is -2.41. The molecule has 0 radical (unpaired) electrons. The molecule has 0 aromatic carbocycles. The lowest BCUT2D eigenvalue weighted by atomic mass is 9.89. The first-order chi connectivity index (χ1) is 14.6. The zero-order valence-corrected chi connectivity index (χ0v) is 16.5. The molecule has 0 aliphatic rings. The molecular weight excluding hydrogens is 505 g/mol. The first kappa shape index (κ1) is 31.0. The minimum absolute atomic E-state index is 0.410. The Morgan fingerprint density at radius 2 is 1.06 bits per heavy atom. The third-order valence-corrected chi connectivity index (χ3v) is 3.87. The van der Waals surface area contributed by atoms with Crippen LogP contribution in [0.25, 0.3) is 0 Å². The van der Waals surface area contributed by atoms with Gasteiger partial charge in [0.05, 0.1) is 32.2 Å². The van der Waals surface area contributed by atoms with Crippen molar-refractivity contribution in [3.63, 3.8) is 0 Å². The van der Waals surface area contributed by atoms with Crippen molar-refractivity contribution in [1.82, 2.24) is 5.32 Å². The number of hydrogen-bond donors (Lipinski definition) is 1. The summed E-state index contributed by atoms with van der Waals surface area (Å²) in [4.78, 5) is 22.6. The Bertz CT molecular complexity index is 694. The number of halogens is 13. The maximum absolute atomic E-state index is 14.3. The lowest BCUT2D eigenvalue weighted by Crippen LogP contribution is -2.72. The van der Waals surface area contributed by atoms with E-state index < -0.39 is 79.9 Å². The van der Waals surface area contributed by atoms with Gasteiger partial charge in [0, 0.05) is 0 Å². The van der Waals surface area contributed by atoms with Gasteiger partial charge in [0.1, 0.15) is 0 Å². The van der Waals surface area contributed by atoms with E-state index in [9.17, 15) is 66.7 Å². The van der Waals surface area contributed by atoms with Gasteiger partial charge in [-0.1, -0.05) is 0 Å². The lowest BCUT2D eigenvalue weighted by molar-refractivity contribution is -0.441. The van der Waals surface area contributed by atoms with Crippen LogP contribution in [-0.2, 0) is 19.1 Å². The Labute approximate surface area is 176 Å². The zero-order valence-electron chi connectivity index (χ0n) is 16.5. The van der Waals surface area contributed by atoms with Crippen molar-refractivity contribution < 1.29 is 76.1 Å². The molecular formula is C15H16F13NO4. The summed E-state index contributed by atoms with van der Waals surface area (Å²) in [5.41, 5.74) is 0. The van der Waals surface area contributed by atoms with Gasteiger partial charge in [0.25, 0.3) is 0 Å². The molecule has 0 rings (SSSR count). The molecule has 18 heteroatoms. The highest BCUT2D eigenvalue weighted by Gasteiger charge is 2.91.